The van der Waals surface area contributed by atoms with Gasteiger partial charge in [-0.1, -0.05) is 18.2 Å². The van der Waals surface area contributed by atoms with Gasteiger partial charge in [0.2, 0.25) is 5.91 Å². The molecule has 2 fully saturated rings. The molecule has 1 amide bonds. The van der Waals surface area contributed by atoms with Crippen LogP contribution < -0.4 is 5.46 Å². The van der Waals surface area contributed by atoms with Gasteiger partial charge >= 0.3 is 7.12 Å². The van der Waals surface area contributed by atoms with Crippen LogP contribution in [0.25, 0.3) is 5.70 Å². The number of carbonyl (C=O) groups excluding carboxylic acids is 1. The molecule has 0 atom stereocenters. The van der Waals surface area contributed by atoms with E-state index < -0.39 is 18.3 Å². The molecule has 0 bridgehead atoms. The van der Waals surface area contributed by atoms with Crippen LogP contribution in [-0.4, -0.2) is 57.6 Å². The molecule has 33 heavy (non-hydrogen) atoms. The zero-order valence-corrected chi connectivity index (χ0v) is 19.7. The Morgan fingerprint density at radius 1 is 1.12 bits per heavy atom. The molecule has 1 aromatic heterocycles. The molecule has 0 radical (unpaired) electrons. The van der Waals surface area contributed by atoms with E-state index in [0.717, 1.165) is 34.7 Å². The van der Waals surface area contributed by atoms with E-state index in [1.165, 1.54) is 18.4 Å². The molecule has 0 unspecified atom stereocenters. The number of amides is 1. The molecule has 1 saturated carbocycles. The maximum Gasteiger partial charge on any atom is 0.495 e. The largest absolute Gasteiger partial charge is 0.495 e. The number of aromatic nitrogens is 2. The van der Waals surface area contributed by atoms with Gasteiger partial charge in [-0.25, -0.2) is 4.98 Å². The SMILES string of the molecule is CC1(C)OB(c2cccc3c2CCN2C(=O)CN=C(n4cnc(C5CC5)c4)C=C32)OC1(C)C. The van der Waals surface area contributed by atoms with Crippen LogP contribution in [0.1, 0.15) is 63.3 Å². The smallest absolute Gasteiger partial charge is 0.399 e. The van der Waals surface area contributed by atoms with Crippen LogP contribution in [-0.2, 0) is 20.5 Å². The summed E-state index contributed by atoms with van der Waals surface area (Å²) in [5, 5.41) is 0. The van der Waals surface area contributed by atoms with E-state index in [9.17, 15) is 4.79 Å². The van der Waals surface area contributed by atoms with E-state index in [2.05, 4.69) is 56.0 Å². The van der Waals surface area contributed by atoms with Crippen LogP contribution >= 0.6 is 0 Å². The van der Waals surface area contributed by atoms with Crippen molar-refractivity contribution in [2.45, 2.75) is 64.1 Å². The fourth-order valence-corrected chi connectivity index (χ4v) is 4.83. The summed E-state index contributed by atoms with van der Waals surface area (Å²) in [6.07, 6.45) is 9.05. The van der Waals surface area contributed by atoms with Crippen molar-refractivity contribution in [2.75, 3.05) is 13.1 Å². The summed E-state index contributed by atoms with van der Waals surface area (Å²) in [4.78, 5) is 24.0. The number of imidazole rings is 1. The van der Waals surface area contributed by atoms with Crippen molar-refractivity contribution in [3.63, 3.8) is 0 Å². The zero-order valence-electron chi connectivity index (χ0n) is 19.7. The summed E-state index contributed by atoms with van der Waals surface area (Å²) in [5.74, 6) is 1.33. The van der Waals surface area contributed by atoms with Gasteiger partial charge in [0, 0.05) is 30.3 Å². The Labute approximate surface area is 194 Å². The molecule has 7 nitrogen and oxygen atoms in total. The third-order valence-corrected chi connectivity index (χ3v) is 7.68. The molecule has 4 aliphatic rings. The van der Waals surface area contributed by atoms with Crippen molar-refractivity contribution >= 4 is 30.0 Å². The molecule has 1 aliphatic carbocycles. The normalized spacial score (nSPS) is 23.6. The maximum absolute atomic E-state index is 13.0. The number of aliphatic imine (C=N–C) groups is 1. The van der Waals surface area contributed by atoms with Gasteiger partial charge in [-0.2, -0.15) is 0 Å². The van der Waals surface area contributed by atoms with Gasteiger partial charge in [-0.15, -0.1) is 0 Å². The molecule has 6 rings (SSSR count). The predicted molar refractivity (Wildman–Crippen MR) is 127 cm³/mol. The Morgan fingerprint density at radius 3 is 2.61 bits per heavy atom. The Hall–Kier alpha value is -2.71. The highest BCUT2D eigenvalue weighted by atomic mass is 16.7. The van der Waals surface area contributed by atoms with Crippen molar-refractivity contribution in [3.05, 3.63) is 53.6 Å². The number of fused-ring (bicyclic) bond motifs is 3. The van der Waals surface area contributed by atoms with Crippen molar-refractivity contribution in [1.82, 2.24) is 14.5 Å². The van der Waals surface area contributed by atoms with Crippen LogP contribution in [0.2, 0.25) is 0 Å². The molecule has 4 heterocycles. The summed E-state index contributed by atoms with van der Waals surface area (Å²) in [6, 6.07) is 6.20. The lowest BCUT2D eigenvalue weighted by Gasteiger charge is -2.32. The standard InChI is InChI=1S/C25H29BN4O3/c1-24(2)25(3,4)33-26(32-24)19-7-5-6-18-17(19)10-11-30-21(18)12-22(27-13-23(30)31)29-14-20(28-15-29)16-8-9-16/h5-7,12,14-16H,8-11,13H2,1-4H3. The Morgan fingerprint density at radius 2 is 1.88 bits per heavy atom. The molecular formula is C25H29BN4O3. The fourth-order valence-electron chi connectivity index (χ4n) is 4.83. The average molecular weight is 444 g/mol. The summed E-state index contributed by atoms with van der Waals surface area (Å²) < 4.78 is 14.7. The summed E-state index contributed by atoms with van der Waals surface area (Å²) in [5.41, 5.74) is 4.45. The van der Waals surface area contributed by atoms with Crippen LogP contribution in [0.5, 0.6) is 0 Å². The highest BCUT2D eigenvalue weighted by Gasteiger charge is 2.52. The number of allylic oxidation sites excluding steroid dienone is 1. The van der Waals surface area contributed by atoms with Gasteiger partial charge in [0.1, 0.15) is 18.7 Å². The summed E-state index contributed by atoms with van der Waals surface area (Å²) in [7, 11) is -0.429. The van der Waals surface area contributed by atoms with E-state index >= 15 is 0 Å². The quantitative estimate of drug-likeness (QED) is 0.669. The molecule has 170 valence electrons. The Balaban J connectivity index is 1.41. The molecule has 2 aromatic rings. The molecule has 3 aliphatic heterocycles. The first-order valence-electron chi connectivity index (χ1n) is 11.8. The topological polar surface area (TPSA) is 69.0 Å². The summed E-state index contributed by atoms with van der Waals surface area (Å²) >= 11 is 0. The van der Waals surface area contributed by atoms with E-state index in [0.29, 0.717) is 12.5 Å². The molecule has 0 N–H and O–H groups in total. The first-order valence-corrected chi connectivity index (χ1v) is 11.8. The first-order chi connectivity index (χ1) is 15.7. The lowest BCUT2D eigenvalue weighted by molar-refractivity contribution is -0.126. The first kappa shape index (κ1) is 20.9. The van der Waals surface area contributed by atoms with E-state index in [1.807, 2.05) is 27.9 Å². The number of rotatable bonds is 2. The molecular weight excluding hydrogens is 415 g/mol. The fraction of sp³-hybridized carbons (Fsp3) is 0.480. The second-order valence-electron chi connectivity index (χ2n) is 10.4. The van der Waals surface area contributed by atoms with Crippen LogP contribution in [0.4, 0.5) is 0 Å². The number of hydrogen-bond acceptors (Lipinski definition) is 5. The molecule has 0 spiro atoms. The zero-order chi connectivity index (χ0) is 23.0. The second-order valence-corrected chi connectivity index (χ2v) is 10.4. The lowest BCUT2D eigenvalue weighted by Crippen LogP contribution is -2.42. The second kappa shape index (κ2) is 7.14. The minimum atomic E-state index is -0.429. The van der Waals surface area contributed by atoms with Crippen molar-refractivity contribution in [3.8, 4) is 0 Å². The van der Waals surface area contributed by atoms with Crippen molar-refractivity contribution in [1.29, 1.82) is 0 Å². The van der Waals surface area contributed by atoms with Crippen LogP contribution in [0.15, 0.2) is 41.8 Å². The van der Waals surface area contributed by atoms with Gasteiger partial charge in [-0.05, 0) is 58.0 Å². The van der Waals surface area contributed by atoms with Crippen molar-refractivity contribution in [2.24, 2.45) is 4.99 Å². The maximum atomic E-state index is 13.0. The minimum absolute atomic E-state index is 0.0190. The van der Waals surface area contributed by atoms with E-state index in [1.54, 1.807) is 0 Å². The number of nitrogens with zero attached hydrogens (tertiary/aromatic N) is 4. The highest BCUT2D eigenvalue weighted by molar-refractivity contribution is 6.62. The van der Waals surface area contributed by atoms with Gasteiger partial charge in [-0.3, -0.25) is 14.4 Å². The number of benzene rings is 1. The Kier molecular flexibility index (Phi) is 4.52. The molecule has 8 heteroatoms. The summed E-state index contributed by atoms with van der Waals surface area (Å²) in [6.45, 7) is 9.04. The van der Waals surface area contributed by atoms with Crippen LogP contribution in [0.3, 0.4) is 0 Å². The van der Waals surface area contributed by atoms with Gasteiger partial charge in [0.15, 0.2) is 0 Å². The van der Waals surface area contributed by atoms with E-state index in [-0.39, 0.29) is 12.5 Å². The van der Waals surface area contributed by atoms with Gasteiger partial charge in [0.05, 0.1) is 22.6 Å². The van der Waals surface area contributed by atoms with Gasteiger partial charge < -0.3 is 14.2 Å². The number of hydrogen-bond donors (Lipinski definition) is 0. The highest BCUT2D eigenvalue weighted by Crippen LogP contribution is 2.39. The van der Waals surface area contributed by atoms with Gasteiger partial charge in [0.25, 0.3) is 0 Å². The third kappa shape index (κ3) is 3.39. The molecule has 1 saturated heterocycles. The predicted octanol–water partition coefficient (Wildman–Crippen LogP) is 2.75. The third-order valence-electron chi connectivity index (χ3n) is 7.68. The van der Waals surface area contributed by atoms with Crippen molar-refractivity contribution < 1.29 is 14.1 Å². The lowest BCUT2D eigenvalue weighted by atomic mass is 9.72. The van der Waals surface area contributed by atoms with Crippen LogP contribution in [0, 0.1) is 0 Å². The Bertz CT molecular complexity index is 1190. The monoisotopic (exact) mass is 444 g/mol. The minimum Gasteiger partial charge on any atom is -0.399 e. The average Bonchev–Trinajstić information content (AvgIpc) is 3.49. The number of carbonyl (C=O) groups is 1. The van der Waals surface area contributed by atoms with E-state index in [4.69, 9.17) is 9.31 Å². The molecule has 1 aromatic carbocycles.